The van der Waals surface area contributed by atoms with Gasteiger partial charge in [0.2, 0.25) is 0 Å². The number of amides is 1. The summed E-state index contributed by atoms with van der Waals surface area (Å²) in [6.07, 6.45) is 5.93. The second kappa shape index (κ2) is 7.66. The number of carbonyl (C=O) groups is 2. The van der Waals surface area contributed by atoms with Gasteiger partial charge in [-0.2, -0.15) is 0 Å². The molecule has 0 saturated carbocycles. The van der Waals surface area contributed by atoms with Gasteiger partial charge >= 0.3 is 0 Å². The van der Waals surface area contributed by atoms with Gasteiger partial charge in [-0.05, 0) is 25.5 Å². The van der Waals surface area contributed by atoms with Crippen molar-refractivity contribution in [1.82, 2.24) is 10.2 Å². The summed E-state index contributed by atoms with van der Waals surface area (Å²) in [6.45, 7) is 3.87. The van der Waals surface area contributed by atoms with E-state index in [9.17, 15) is 9.59 Å². The molecule has 1 unspecified atom stereocenters. The predicted molar refractivity (Wildman–Crippen MR) is 69.0 cm³/mol. The van der Waals surface area contributed by atoms with Crippen molar-refractivity contribution in [2.24, 2.45) is 0 Å². The monoisotopic (exact) mass is 252 g/mol. The minimum Gasteiger partial charge on any atom is -0.393 e. The van der Waals surface area contributed by atoms with Crippen LogP contribution in [0.3, 0.4) is 0 Å². The quantitative estimate of drug-likeness (QED) is 0.449. The van der Waals surface area contributed by atoms with Crippen molar-refractivity contribution < 1.29 is 14.3 Å². The van der Waals surface area contributed by atoms with Crippen LogP contribution in [0.5, 0.6) is 0 Å². The van der Waals surface area contributed by atoms with Gasteiger partial charge < -0.3 is 15.0 Å². The van der Waals surface area contributed by atoms with Crippen LogP contribution < -0.4 is 5.32 Å². The molecule has 1 heterocycles. The van der Waals surface area contributed by atoms with Crippen molar-refractivity contribution in [2.45, 2.75) is 19.4 Å². The van der Waals surface area contributed by atoms with E-state index in [1.54, 1.807) is 18.1 Å². The number of hydrogen-bond donors (Lipinski definition) is 1. The van der Waals surface area contributed by atoms with Gasteiger partial charge in [0.25, 0.3) is 5.91 Å². The lowest BCUT2D eigenvalue weighted by atomic mass is 10.2. The molecule has 5 nitrogen and oxygen atoms in total. The molecule has 0 radical (unpaired) electrons. The smallest absolute Gasteiger partial charge is 0.255 e. The number of carbonyl (C=O) groups excluding carboxylic acids is 2. The number of aldehydes is 1. The minimum atomic E-state index is -0.0829. The largest absolute Gasteiger partial charge is 0.393 e. The van der Waals surface area contributed by atoms with E-state index < -0.39 is 0 Å². The highest BCUT2D eigenvalue weighted by atomic mass is 16.5. The van der Waals surface area contributed by atoms with Crippen molar-refractivity contribution in [2.75, 3.05) is 26.8 Å². The van der Waals surface area contributed by atoms with Crippen LogP contribution in [0.1, 0.15) is 13.3 Å². The van der Waals surface area contributed by atoms with E-state index >= 15 is 0 Å². The van der Waals surface area contributed by atoms with Crippen LogP contribution in [0.4, 0.5) is 0 Å². The molecular weight excluding hydrogens is 232 g/mol. The van der Waals surface area contributed by atoms with Gasteiger partial charge in [-0.3, -0.25) is 9.59 Å². The van der Waals surface area contributed by atoms with E-state index in [1.807, 2.05) is 6.92 Å². The number of nitrogens with zero attached hydrogens (tertiary/aromatic N) is 1. The van der Waals surface area contributed by atoms with Crippen molar-refractivity contribution in [3.8, 4) is 0 Å². The lowest BCUT2D eigenvalue weighted by molar-refractivity contribution is -0.128. The van der Waals surface area contributed by atoms with Crippen molar-refractivity contribution >= 4 is 12.2 Å². The molecule has 1 atom stereocenters. The van der Waals surface area contributed by atoms with Gasteiger partial charge in [0.05, 0.1) is 18.2 Å². The Morgan fingerprint density at radius 3 is 2.94 bits per heavy atom. The molecule has 0 aliphatic carbocycles. The Morgan fingerprint density at radius 1 is 1.50 bits per heavy atom. The second-order valence-corrected chi connectivity index (χ2v) is 4.16. The number of ether oxygens (including phenoxy) is 1. The Morgan fingerprint density at radius 2 is 2.28 bits per heavy atom. The van der Waals surface area contributed by atoms with E-state index in [2.05, 4.69) is 5.32 Å². The fourth-order valence-electron chi connectivity index (χ4n) is 1.85. The summed E-state index contributed by atoms with van der Waals surface area (Å²) in [5, 5.41) is 2.82. The first-order valence-corrected chi connectivity index (χ1v) is 6.08. The summed E-state index contributed by atoms with van der Waals surface area (Å²) in [6, 6.07) is 0.0462. The zero-order chi connectivity index (χ0) is 13.4. The van der Waals surface area contributed by atoms with E-state index in [-0.39, 0.29) is 11.9 Å². The summed E-state index contributed by atoms with van der Waals surface area (Å²) in [4.78, 5) is 24.5. The first kappa shape index (κ1) is 14.4. The van der Waals surface area contributed by atoms with E-state index in [0.29, 0.717) is 31.6 Å². The maximum Gasteiger partial charge on any atom is 0.255 e. The van der Waals surface area contributed by atoms with Gasteiger partial charge in [0, 0.05) is 26.4 Å². The zero-order valence-electron chi connectivity index (χ0n) is 10.9. The predicted octanol–water partition coefficient (Wildman–Crippen LogP) is 0.482. The number of rotatable bonds is 4. The van der Waals surface area contributed by atoms with Crippen LogP contribution >= 0.6 is 0 Å². The fraction of sp³-hybridized carbons (Fsp3) is 0.538. The van der Waals surface area contributed by atoms with Crippen LogP contribution in [-0.4, -0.2) is 49.9 Å². The maximum absolute atomic E-state index is 12.4. The minimum absolute atomic E-state index is 0.0462. The fourth-order valence-corrected chi connectivity index (χ4v) is 1.85. The molecule has 1 amide bonds. The average Bonchev–Trinajstić information content (AvgIpc) is 2.58. The number of allylic oxidation sites excluding steroid dienone is 1. The summed E-state index contributed by atoms with van der Waals surface area (Å²) in [7, 11) is 1.72. The Kier molecular flexibility index (Phi) is 6.14. The molecule has 5 heteroatoms. The van der Waals surface area contributed by atoms with Crippen LogP contribution in [0.15, 0.2) is 23.9 Å². The highest BCUT2D eigenvalue weighted by molar-refractivity contribution is 5.97. The van der Waals surface area contributed by atoms with Gasteiger partial charge in [-0.25, -0.2) is 0 Å². The third-order valence-electron chi connectivity index (χ3n) is 2.74. The molecule has 100 valence electrons. The molecule has 0 spiro atoms. The summed E-state index contributed by atoms with van der Waals surface area (Å²) in [5.74, 6) is -0.0829. The van der Waals surface area contributed by atoms with Crippen molar-refractivity contribution in [3.63, 3.8) is 0 Å². The van der Waals surface area contributed by atoms with Crippen LogP contribution in [-0.2, 0) is 14.3 Å². The van der Waals surface area contributed by atoms with Gasteiger partial charge in [-0.1, -0.05) is 0 Å². The van der Waals surface area contributed by atoms with Gasteiger partial charge in [0.15, 0.2) is 0 Å². The third kappa shape index (κ3) is 4.00. The van der Waals surface area contributed by atoms with Gasteiger partial charge in [-0.15, -0.1) is 0 Å². The van der Waals surface area contributed by atoms with Crippen LogP contribution in [0.25, 0.3) is 0 Å². The molecule has 1 fully saturated rings. The molecule has 1 aliphatic heterocycles. The molecule has 1 saturated heterocycles. The standard InChI is InChI=1S/C13H20N2O3/c1-11-10-18-8-4-6-15(11)13(17)12(9-14-2)5-3-7-16/h3,5,7,9,11,14H,4,6,8,10H2,1-2H3/b5-3-,12-9+. The number of nitrogens with one attached hydrogen (secondary N) is 1. The number of hydrogen-bond acceptors (Lipinski definition) is 4. The highest BCUT2D eigenvalue weighted by Gasteiger charge is 2.23. The third-order valence-corrected chi connectivity index (χ3v) is 2.74. The lowest BCUT2D eigenvalue weighted by Gasteiger charge is -2.26. The van der Waals surface area contributed by atoms with Crippen LogP contribution in [0, 0.1) is 0 Å². The molecular formula is C13H20N2O3. The SMILES string of the molecule is CN/C=C(\C=C/C=O)C(=O)N1CCCOCC1C. The first-order chi connectivity index (χ1) is 8.70. The maximum atomic E-state index is 12.4. The molecule has 0 aromatic carbocycles. The molecule has 1 rings (SSSR count). The van der Waals surface area contributed by atoms with Crippen LogP contribution in [0.2, 0.25) is 0 Å². The second-order valence-electron chi connectivity index (χ2n) is 4.16. The molecule has 0 bridgehead atoms. The highest BCUT2D eigenvalue weighted by Crippen LogP contribution is 2.12. The Balaban J connectivity index is 2.83. The van der Waals surface area contributed by atoms with E-state index in [0.717, 1.165) is 6.42 Å². The molecule has 1 aliphatic rings. The summed E-state index contributed by atoms with van der Waals surface area (Å²) < 4.78 is 5.40. The Bertz CT molecular complexity index is 350. The Labute approximate surface area is 107 Å². The first-order valence-electron chi connectivity index (χ1n) is 6.08. The van der Waals surface area contributed by atoms with Gasteiger partial charge in [0.1, 0.15) is 6.29 Å². The summed E-state index contributed by atoms with van der Waals surface area (Å²) >= 11 is 0. The molecule has 18 heavy (non-hydrogen) atoms. The topological polar surface area (TPSA) is 58.6 Å². The van der Waals surface area contributed by atoms with E-state index in [4.69, 9.17) is 4.74 Å². The summed E-state index contributed by atoms with van der Waals surface area (Å²) in [5.41, 5.74) is 0.471. The Hall–Kier alpha value is -1.62. The van der Waals surface area contributed by atoms with Crippen molar-refractivity contribution in [1.29, 1.82) is 0 Å². The van der Waals surface area contributed by atoms with E-state index in [1.165, 1.54) is 12.2 Å². The van der Waals surface area contributed by atoms with Crippen molar-refractivity contribution in [3.05, 3.63) is 23.9 Å². The molecule has 0 aromatic heterocycles. The average molecular weight is 252 g/mol. The molecule has 0 aromatic rings. The lowest BCUT2D eigenvalue weighted by Crippen LogP contribution is -2.41. The normalized spacial score (nSPS) is 21.8. The molecule has 1 N–H and O–H groups in total. The zero-order valence-corrected chi connectivity index (χ0v) is 10.9.